The van der Waals surface area contributed by atoms with Gasteiger partial charge in [-0.3, -0.25) is 9.59 Å². The van der Waals surface area contributed by atoms with Crippen LogP contribution in [0.1, 0.15) is 22.8 Å². The zero-order valence-electron chi connectivity index (χ0n) is 11.6. The average molecular weight is 277 g/mol. The first kappa shape index (κ1) is 14.5. The number of benzene rings is 1. The van der Waals surface area contributed by atoms with Crippen molar-refractivity contribution in [2.24, 2.45) is 16.9 Å². The van der Waals surface area contributed by atoms with Gasteiger partial charge in [0.25, 0.3) is 0 Å². The van der Waals surface area contributed by atoms with E-state index in [1.807, 2.05) is 0 Å². The lowest BCUT2D eigenvalue weighted by Crippen LogP contribution is -2.47. The van der Waals surface area contributed by atoms with Gasteiger partial charge >= 0.3 is 0 Å². The molecule has 0 bridgehead atoms. The fraction of sp³-hybridized carbons (Fsp3) is 0.429. The number of amides is 2. The number of anilines is 1. The maximum absolute atomic E-state index is 12.4. The molecule has 1 aromatic carbocycles. The predicted octanol–water partition coefficient (Wildman–Crippen LogP) is 0.396. The Balaban J connectivity index is 2.18. The molecule has 1 aliphatic heterocycles. The number of primary amides is 1. The lowest BCUT2D eigenvalue weighted by atomic mass is 9.84. The van der Waals surface area contributed by atoms with Gasteiger partial charge in [-0.2, -0.15) is 0 Å². The maximum Gasteiger partial charge on any atom is 0.248 e. The zero-order chi connectivity index (χ0) is 14.9. The van der Waals surface area contributed by atoms with Crippen molar-refractivity contribution >= 4 is 17.5 Å². The molecule has 0 saturated carbocycles. The summed E-state index contributed by atoms with van der Waals surface area (Å²) in [6, 6.07) is 4.56. The van der Waals surface area contributed by atoms with Crippen LogP contribution < -0.4 is 16.8 Å². The van der Waals surface area contributed by atoms with Crippen LogP contribution in [-0.2, 0) is 9.53 Å². The van der Waals surface area contributed by atoms with Crippen molar-refractivity contribution in [3.05, 3.63) is 29.3 Å². The second-order valence-corrected chi connectivity index (χ2v) is 5.39. The molecule has 2 atom stereocenters. The number of hydrogen-bond acceptors (Lipinski definition) is 4. The minimum atomic E-state index is -0.741. The molecule has 2 amide bonds. The lowest BCUT2D eigenvalue weighted by Gasteiger charge is -2.25. The first-order valence-corrected chi connectivity index (χ1v) is 6.40. The molecule has 0 aromatic heterocycles. The van der Waals surface area contributed by atoms with Gasteiger partial charge < -0.3 is 21.5 Å². The topological polar surface area (TPSA) is 107 Å². The van der Waals surface area contributed by atoms with Gasteiger partial charge in [-0.25, -0.2) is 0 Å². The summed E-state index contributed by atoms with van der Waals surface area (Å²) >= 11 is 0. The summed E-state index contributed by atoms with van der Waals surface area (Å²) in [5.41, 5.74) is 12.2. The SMILES string of the molecule is Cc1cc(C(N)=O)ccc1NC(=O)C1(C)COCC1N. The molecule has 1 fully saturated rings. The van der Waals surface area contributed by atoms with E-state index in [0.29, 0.717) is 24.5 Å². The van der Waals surface area contributed by atoms with Crippen LogP contribution >= 0.6 is 0 Å². The first-order chi connectivity index (χ1) is 9.34. The van der Waals surface area contributed by atoms with Crippen LogP contribution in [0.4, 0.5) is 5.69 Å². The Kier molecular flexibility index (Phi) is 3.78. The van der Waals surface area contributed by atoms with Crippen molar-refractivity contribution < 1.29 is 14.3 Å². The number of aryl methyl sites for hydroxylation is 1. The highest BCUT2D eigenvalue weighted by atomic mass is 16.5. The Labute approximate surface area is 117 Å². The fourth-order valence-corrected chi connectivity index (χ4v) is 2.15. The molecule has 1 saturated heterocycles. The Hall–Kier alpha value is -1.92. The van der Waals surface area contributed by atoms with Gasteiger partial charge in [-0.15, -0.1) is 0 Å². The molecule has 1 aliphatic rings. The number of carbonyl (C=O) groups is 2. The van der Waals surface area contributed by atoms with E-state index in [-0.39, 0.29) is 11.9 Å². The van der Waals surface area contributed by atoms with Crippen LogP contribution in [0.5, 0.6) is 0 Å². The quantitative estimate of drug-likeness (QED) is 0.743. The number of rotatable bonds is 3. The van der Waals surface area contributed by atoms with Gasteiger partial charge in [0, 0.05) is 17.3 Å². The van der Waals surface area contributed by atoms with Gasteiger partial charge in [-0.05, 0) is 37.6 Å². The van der Waals surface area contributed by atoms with Crippen LogP contribution in [0.3, 0.4) is 0 Å². The predicted molar refractivity (Wildman–Crippen MR) is 75.2 cm³/mol. The Bertz CT molecular complexity index is 559. The van der Waals surface area contributed by atoms with E-state index in [1.54, 1.807) is 32.0 Å². The third-order valence-corrected chi connectivity index (χ3v) is 3.80. The molecule has 0 radical (unpaired) electrons. The van der Waals surface area contributed by atoms with E-state index < -0.39 is 11.3 Å². The number of ether oxygens (including phenoxy) is 1. The van der Waals surface area contributed by atoms with E-state index in [0.717, 1.165) is 5.56 Å². The van der Waals surface area contributed by atoms with Crippen LogP contribution in [0.15, 0.2) is 18.2 Å². The molecular formula is C14H19N3O3. The Morgan fingerprint density at radius 3 is 2.65 bits per heavy atom. The lowest BCUT2D eigenvalue weighted by molar-refractivity contribution is -0.125. The zero-order valence-corrected chi connectivity index (χ0v) is 11.6. The van der Waals surface area contributed by atoms with E-state index in [1.165, 1.54) is 0 Å². The van der Waals surface area contributed by atoms with Gasteiger partial charge in [-0.1, -0.05) is 0 Å². The van der Waals surface area contributed by atoms with Crippen LogP contribution in [0.25, 0.3) is 0 Å². The van der Waals surface area contributed by atoms with Crippen molar-refractivity contribution in [3.8, 4) is 0 Å². The average Bonchev–Trinajstić information content (AvgIpc) is 2.73. The number of nitrogens with two attached hydrogens (primary N) is 2. The smallest absolute Gasteiger partial charge is 0.248 e. The molecule has 0 aliphatic carbocycles. The third-order valence-electron chi connectivity index (χ3n) is 3.80. The summed E-state index contributed by atoms with van der Waals surface area (Å²) in [5.74, 6) is -0.679. The monoisotopic (exact) mass is 277 g/mol. The third kappa shape index (κ3) is 2.52. The van der Waals surface area contributed by atoms with Gasteiger partial charge in [0.15, 0.2) is 0 Å². The molecule has 108 valence electrons. The van der Waals surface area contributed by atoms with Crippen LogP contribution in [-0.4, -0.2) is 31.1 Å². The largest absolute Gasteiger partial charge is 0.379 e. The highest BCUT2D eigenvalue weighted by Gasteiger charge is 2.44. The minimum absolute atomic E-state index is 0.183. The Morgan fingerprint density at radius 2 is 2.15 bits per heavy atom. The molecule has 2 rings (SSSR count). The molecule has 6 nitrogen and oxygen atoms in total. The van der Waals surface area contributed by atoms with Crippen molar-refractivity contribution in [2.45, 2.75) is 19.9 Å². The van der Waals surface area contributed by atoms with E-state index in [2.05, 4.69) is 5.32 Å². The van der Waals surface area contributed by atoms with Crippen molar-refractivity contribution in [1.29, 1.82) is 0 Å². The summed E-state index contributed by atoms with van der Waals surface area (Å²) in [6.45, 7) is 4.27. The van der Waals surface area contributed by atoms with Gasteiger partial charge in [0.05, 0.1) is 18.6 Å². The van der Waals surface area contributed by atoms with Gasteiger partial charge in [0.2, 0.25) is 11.8 Å². The second kappa shape index (κ2) is 5.22. The highest BCUT2D eigenvalue weighted by molar-refractivity contribution is 5.98. The number of nitrogens with one attached hydrogen (secondary N) is 1. The van der Waals surface area contributed by atoms with Crippen LogP contribution in [0, 0.1) is 12.3 Å². The summed E-state index contributed by atoms with van der Waals surface area (Å²) < 4.78 is 5.26. The van der Waals surface area contributed by atoms with Crippen molar-refractivity contribution in [1.82, 2.24) is 0 Å². The van der Waals surface area contributed by atoms with Crippen molar-refractivity contribution in [2.75, 3.05) is 18.5 Å². The van der Waals surface area contributed by atoms with E-state index in [4.69, 9.17) is 16.2 Å². The minimum Gasteiger partial charge on any atom is -0.379 e. The first-order valence-electron chi connectivity index (χ1n) is 6.40. The van der Waals surface area contributed by atoms with Gasteiger partial charge in [0.1, 0.15) is 0 Å². The standard InChI is InChI=1S/C14H19N3O3/c1-8-5-9(12(16)18)3-4-10(8)17-13(19)14(2)7-20-6-11(14)15/h3-5,11H,6-7,15H2,1-2H3,(H2,16,18)(H,17,19). The Morgan fingerprint density at radius 1 is 1.45 bits per heavy atom. The molecule has 6 heteroatoms. The molecule has 1 aromatic rings. The molecule has 1 heterocycles. The summed E-state index contributed by atoms with van der Waals surface area (Å²) in [6.07, 6.45) is 0. The summed E-state index contributed by atoms with van der Waals surface area (Å²) in [5, 5.41) is 2.84. The molecule has 5 N–H and O–H groups in total. The molecule has 2 unspecified atom stereocenters. The van der Waals surface area contributed by atoms with Crippen LogP contribution in [0.2, 0.25) is 0 Å². The normalized spacial score (nSPS) is 25.4. The highest BCUT2D eigenvalue weighted by Crippen LogP contribution is 2.29. The molecule has 20 heavy (non-hydrogen) atoms. The second-order valence-electron chi connectivity index (χ2n) is 5.39. The summed E-state index contributed by atoms with van der Waals surface area (Å²) in [7, 11) is 0. The molecular weight excluding hydrogens is 258 g/mol. The summed E-state index contributed by atoms with van der Waals surface area (Å²) in [4.78, 5) is 23.4. The fourth-order valence-electron chi connectivity index (χ4n) is 2.15. The number of carbonyl (C=O) groups excluding carboxylic acids is 2. The van der Waals surface area contributed by atoms with E-state index in [9.17, 15) is 9.59 Å². The maximum atomic E-state index is 12.4. The number of hydrogen-bond donors (Lipinski definition) is 3. The molecule has 0 spiro atoms. The van der Waals surface area contributed by atoms with Crippen molar-refractivity contribution in [3.63, 3.8) is 0 Å². The van der Waals surface area contributed by atoms with E-state index >= 15 is 0 Å².